The smallest absolute Gasteiger partial charge is 0.252 e. The Balaban J connectivity index is 3.03. The first-order chi connectivity index (χ1) is 9.40. The lowest BCUT2D eigenvalue weighted by Gasteiger charge is -2.14. The largest absolute Gasteiger partial charge is 0.349 e. The Kier molecular flexibility index (Phi) is 5.53. The second-order valence-corrected chi connectivity index (χ2v) is 9.25. The molecule has 0 radical (unpaired) electrons. The molecule has 0 saturated carbocycles. The van der Waals surface area contributed by atoms with Gasteiger partial charge in [0.2, 0.25) is 10.0 Å². The minimum Gasteiger partial charge on any atom is -0.349 e. The lowest BCUT2D eigenvalue weighted by Crippen LogP contribution is -2.37. The van der Waals surface area contributed by atoms with E-state index in [2.05, 4.69) is 21.2 Å². The maximum Gasteiger partial charge on any atom is 0.252 e. The third-order valence-corrected chi connectivity index (χ3v) is 5.15. The summed E-state index contributed by atoms with van der Waals surface area (Å²) in [4.78, 5) is 11.9. The fourth-order valence-electron chi connectivity index (χ4n) is 1.65. The first-order valence-corrected chi connectivity index (χ1v) is 10.1. The highest BCUT2D eigenvalue weighted by Crippen LogP contribution is 2.20. The Hall–Kier alpha value is -0.970. The lowest BCUT2D eigenvalue weighted by molar-refractivity contribution is 0.0942. The van der Waals surface area contributed by atoms with Gasteiger partial charge in [0.25, 0.3) is 5.91 Å². The molecule has 7 nitrogen and oxygen atoms in total. The summed E-state index contributed by atoms with van der Waals surface area (Å²) in [7, 11) is -7.16. The van der Waals surface area contributed by atoms with Gasteiger partial charge in [0.05, 0.1) is 16.2 Å². The van der Waals surface area contributed by atoms with E-state index in [1.165, 1.54) is 19.1 Å². The van der Waals surface area contributed by atoms with Gasteiger partial charge in [0.15, 0.2) is 0 Å². The van der Waals surface area contributed by atoms with Gasteiger partial charge in [-0.05, 0) is 41.1 Å². The number of hydrogen-bond acceptors (Lipinski definition) is 5. The zero-order valence-corrected chi connectivity index (χ0v) is 14.5. The number of nitrogens with two attached hydrogens (primary N) is 1. The van der Waals surface area contributed by atoms with Crippen LogP contribution in [0.4, 0.5) is 0 Å². The van der Waals surface area contributed by atoms with Gasteiger partial charge in [0.1, 0.15) is 9.84 Å². The van der Waals surface area contributed by atoms with Crippen molar-refractivity contribution in [3.8, 4) is 0 Å². The van der Waals surface area contributed by atoms with Crippen LogP contribution >= 0.6 is 15.9 Å². The SMILES string of the molecule is CC(CS(C)(=O)=O)NC(=O)c1cc(S(N)(=O)=O)ccc1Br. The number of carbonyl (C=O) groups is 1. The average Bonchev–Trinajstić information content (AvgIpc) is 2.24. The molecule has 0 aliphatic carbocycles. The minimum absolute atomic E-state index is 0.0573. The average molecular weight is 399 g/mol. The molecule has 0 aliphatic heterocycles. The van der Waals surface area contributed by atoms with E-state index in [-0.39, 0.29) is 16.2 Å². The summed E-state index contributed by atoms with van der Waals surface area (Å²) < 4.78 is 45.2. The van der Waals surface area contributed by atoms with Crippen molar-refractivity contribution in [3.63, 3.8) is 0 Å². The van der Waals surface area contributed by atoms with Crippen LogP contribution in [-0.4, -0.2) is 40.8 Å². The van der Waals surface area contributed by atoms with Crippen LogP contribution in [0, 0.1) is 0 Å². The number of hydrogen-bond donors (Lipinski definition) is 2. The molecule has 1 aromatic rings. The van der Waals surface area contributed by atoms with E-state index in [0.29, 0.717) is 4.47 Å². The summed E-state index contributed by atoms with van der Waals surface area (Å²) in [6.07, 6.45) is 1.06. The summed E-state index contributed by atoms with van der Waals surface area (Å²) >= 11 is 3.13. The van der Waals surface area contributed by atoms with Gasteiger partial charge < -0.3 is 5.32 Å². The van der Waals surface area contributed by atoms with Crippen molar-refractivity contribution < 1.29 is 21.6 Å². The van der Waals surface area contributed by atoms with Gasteiger partial charge in [-0.1, -0.05) is 0 Å². The number of primary sulfonamides is 1. The van der Waals surface area contributed by atoms with E-state index < -0.39 is 31.8 Å². The van der Waals surface area contributed by atoms with E-state index in [1.807, 2.05) is 0 Å². The van der Waals surface area contributed by atoms with Crippen LogP contribution in [0.25, 0.3) is 0 Å². The Morgan fingerprint density at radius 2 is 1.90 bits per heavy atom. The highest BCUT2D eigenvalue weighted by atomic mass is 79.9. The molecule has 0 aliphatic rings. The number of nitrogens with one attached hydrogen (secondary N) is 1. The number of rotatable bonds is 5. The summed E-state index contributed by atoms with van der Waals surface area (Å²) in [5.74, 6) is -0.811. The number of halogens is 1. The zero-order chi connectivity index (χ0) is 16.4. The third-order valence-electron chi connectivity index (χ3n) is 2.44. The molecule has 1 aromatic carbocycles. The van der Waals surface area contributed by atoms with Crippen LogP contribution in [0.15, 0.2) is 27.6 Å². The van der Waals surface area contributed by atoms with Gasteiger partial charge in [-0.15, -0.1) is 0 Å². The van der Waals surface area contributed by atoms with Crippen molar-refractivity contribution in [2.24, 2.45) is 5.14 Å². The summed E-state index contributed by atoms with van der Waals surface area (Å²) in [6, 6.07) is 3.16. The van der Waals surface area contributed by atoms with E-state index >= 15 is 0 Å². The molecule has 0 fully saturated rings. The van der Waals surface area contributed by atoms with Crippen molar-refractivity contribution in [3.05, 3.63) is 28.2 Å². The molecule has 3 N–H and O–H groups in total. The number of carbonyl (C=O) groups excluding carboxylic acids is 1. The van der Waals surface area contributed by atoms with Crippen LogP contribution in [-0.2, 0) is 19.9 Å². The van der Waals surface area contributed by atoms with Crippen molar-refractivity contribution in [1.82, 2.24) is 5.32 Å². The first-order valence-electron chi connectivity index (χ1n) is 5.71. The molecule has 1 atom stereocenters. The molecule has 0 aromatic heterocycles. The monoisotopic (exact) mass is 398 g/mol. The van der Waals surface area contributed by atoms with Gasteiger partial charge in [-0.3, -0.25) is 4.79 Å². The van der Waals surface area contributed by atoms with E-state index in [9.17, 15) is 21.6 Å². The molecule has 118 valence electrons. The molecular weight excluding hydrogens is 384 g/mol. The molecule has 10 heteroatoms. The minimum atomic E-state index is -3.93. The van der Waals surface area contributed by atoms with Crippen LogP contribution in [0.2, 0.25) is 0 Å². The molecule has 0 bridgehead atoms. The summed E-state index contributed by atoms with van der Waals surface area (Å²) in [6.45, 7) is 1.54. The second kappa shape index (κ2) is 6.42. The highest BCUT2D eigenvalue weighted by molar-refractivity contribution is 9.10. The molecule has 1 amide bonds. The third kappa shape index (κ3) is 5.73. The number of amides is 1. The van der Waals surface area contributed by atoms with Gasteiger partial charge in [-0.25, -0.2) is 22.0 Å². The van der Waals surface area contributed by atoms with E-state index in [4.69, 9.17) is 5.14 Å². The zero-order valence-electron chi connectivity index (χ0n) is 11.3. The number of benzene rings is 1. The van der Waals surface area contributed by atoms with E-state index in [0.717, 1.165) is 12.3 Å². The maximum atomic E-state index is 12.1. The predicted molar refractivity (Wildman–Crippen MR) is 82.2 cm³/mol. The van der Waals surface area contributed by atoms with Crippen molar-refractivity contribution in [2.45, 2.75) is 17.9 Å². The molecule has 1 unspecified atom stereocenters. The lowest BCUT2D eigenvalue weighted by atomic mass is 10.2. The molecule has 0 saturated heterocycles. The maximum absolute atomic E-state index is 12.1. The quantitative estimate of drug-likeness (QED) is 0.735. The second-order valence-electron chi connectivity index (χ2n) is 4.65. The normalized spacial score (nSPS) is 13.7. The highest BCUT2D eigenvalue weighted by Gasteiger charge is 2.18. The first kappa shape index (κ1) is 18.1. The predicted octanol–water partition coefficient (Wildman–Crippen LogP) is 0.259. The Labute approximate surface area is 132 Å². The number of sulfonamides is 1. The molecule has 0 spiro atoms. The van der Waals surface area contributed by atoms with Crippen molar-refractivity contribution in [1.29, 1.82) is 0 Å². The summed E-state index contributed by atoms with van der Waals surface area (Å²) in [5, 5.41) is 7.49. The van der Waals surface area contributed by atoms with Gasteiger partial charge >= 0.3 is 0 Å². The fourth-order valence-corrected chi connectivity index (χ4v) is 3.61. The molecule has 21 heavy (non-hydrogen) atoms. The summed E-state index contributed by atoms with van der Waals surface area (Å²) in [5.41, 5.74) is 0.0573. The van der Waals surface area contributed by atoms with Crippen LogP contribution in [0.3, 0.4) is 0 Å². The van der Waals surface area contributed by atoms with Gasteiger partial charge in [0, 0.05) is 16.8 Å². The van der Waals surface area contributed by atoms with Crippen LogP contribution in [0.5, 0.6) is 0 Å². The van der Waals surface area contributed by atoms with Crippen molar-refractivity contribution >= 4 is 41.7 Å². The molecular formula is C11H15BrN2O5S2. The topological polar surface area (TPSA) is 123 Å². The number of sulfone groups is 1. The standard InChI is InChI=1S/C11H15BrN2O5S2/c1-7(6-20(2,16)17)14-11(15)9-5-8(21(13,18)19)3-4-10(9)12/h3-5,7H,6H2,1-2H3,(H,14,15)(H2,13,18,19). The molecule has 1 rings (SSSR count). The van der Waals surface area contributed by atoms with Gasteiger partial charge in [-0.2, -0.15) is 0 Å². The van der Waals surface area contributed by atoms with Crippen LogP contribution < -0.4 is 10.5 Å². The fraction of sp³-hybridized carbons (Fsp3) is 0.364. The van der Waals surface area contributed by atoms with Crippen LogP contribution in [0.1, 0.15) is 17.3 Å². The molecule has 0 heterocycles. The van der Waals surface area contributed by atoms with Crippen molar-refractivity contribution in [2.75, 3.05) is 12.0 Å². The Morgan fingerprint density at radius 3 is 2.38 bits per heavy atom. The Bertz CT molecular complexity index is 759. The Morgan fingerprint density at radius 1 is 1.33 bits per heavy atom. The van der Waals surface area contributed by atoms with E-state index in [1.54, 1.807) is 0 Å².